The molecule has 0 heterocycles. The summed E-state index contributed by atoms with van der Waals surface area (Å²) in [5.74, 6) is -1.69. The van der Waals surface area contributed by atoms with Gasteiger partial charge in [-0.25, -0.2) is 0 Å². The number of benzene rings is 1. The SMILES string of the molecule is Cc1c(Cl)cc(NC(=O)C(=O)NCC(O)C(C)(C)C)cc1Cl. The van der Waals surface area contributed by atoms with Crippen molar-refractivity contribution in [3.05, 3.63) is 27.7 Å². The smallest absolute Gasteiger partial charge is 0.313 e. The van der Waals surface area contributed by atoms with Crippen molar-refractivity contribution in [2.45, 2.75) is 33.8 Å². The third kappa shape index (κ3) is 5.16. The highest BCUT2D eigenvalue weighted by Gasteiger charge is 2.24. The predicted octanol–water partition coefficient (Wildman–Crippen LogP) is 2.76. The van der Waals surface area contributed by atoms with Gasteiger partial charge in [0.05, 0.1) is 6.10 Å². The number of carbonyl (C=O) groups excluding carboxylic acids is 2. The number of aliphatic hydroxyl groups excluding tert-OH is 1. The Labute approximate surface area is 140 Å². The molecule has 7 heteroatoms. The zero-order valence-electron chi connectivity index (χ0n) is 13.0. The van der Waals surface area contributed by atoms with Crippen LogP contribution in [0.3, 0.4) is 0 Å². The number of carbonyl (C=O) groups is 2. The monoisotopic (exact) mass is 346 g/mol. The molecule has 1 aromatic rings. The van der Waals surface area contributed by atoms with E-state index >= 15 is 0 Å². The average molecular weight is 347 g/mol. The second-order valence-electron chi connectivity index (χ2n) is 6.11. The van der Waals surface area contributed by atoms with Crippen LogP contribution in [-0.2, 0) is 9.59 Å². The molecule has 0 radical (unpaired) electrons. The van der Waals surface area contributed by atoms with Crippen LogP contribution in [0.15, 0.2) is 12.1 Å². The summed E-state index contributed by atoms with van der Waals surface area (Å²) in [6.07, 6.45) is -0.757. The molecule has 0 bridgehead atoms. The molecule has 1 aromatic carbocycles. The van der Waals surface area contributed by atoms with Gasteiger partial charge in [-0.1, -0.05) is 44.0 Å². The Morgan fingerprint density at radius 3 is 2.14 bits per heavy atom. The Morgan fingerprint density at radius 2 is 1.68 bits per heavy atom. The van der Waals surface area contributed by atoms with Crippen LogP contribution in [0.2, 0.25) is 10.0 Å². The lowest BCUT2D eigenvalue weighted by atomic mass is 9.89. The summed E-state index contributed by atoms with van der Waals surface area (Å²) in [6.45, 7) is 7.24. The molecular formula is C15H20Cl2N2O3. The standard InChI is InChI=1S/C15H20Cl2N2O3/c1-8-10(16)5-9(6-11(8)17)19-14(22)13(21)18-7-12(20)15(2,3)4/h5-6,12,20H,7H2,1-4H3,(H,18,21)(H,19,22). The largest absolute Gasteiger partial charge is 0.391 e. The van der Waals surface area contributed by atoms with Crippen molar-refractivity contribution in [2.75, 3.05) is 11.9 Å². The zero-order chi connectivity index (χ0) is 17.1. The van der Waals surface area contributed by atoms with Crippen molar-refractivity contribution in [1.29, 1.82) is 0 Å². The molecule has 0 fully saturated rings. The summed E-state index contributed by atoms with van der Waals surface area (Å²) in [5.41, 5.74) is 0.637. The highest BCUT2D eigenvalue weighted by Crippen LogP contribution is 2.28. The molecule has 0 spiro atoms. The molecule has 122 valence electrons. The first kappa shape index (κ1) is 18.7. The van der Waals surface area contributed by atoms with Gasteiger partial charge in [-0.15, -0.1) is 0 Å². The molecule has 0 aromatic heterocycles. The first-order valence-electron chi connectivity index (χ1n) is 6.75. The van der Waals surface area contributed by atoms with Gasteiger partial charge in [0.25, 0.3) is 0 Å². The minimum Gasteiger partial charge on any atom is -0.391 e. The van der Waals surface area contributed by atoms with Gasteiger partial charge in [-0.05, 0) is 30.0 Å². The molecule has 22 heavy (non-hydrogen) atoms. The highest BCUT2D eigenvalue weighted by atomic mass is 35.5. The lowest BCUT2D eigenvalue weighted by Gasteiger charge is -2.25. The van der Waals surface area contributed by atoms with Gasteiger partial charge in [0.15, 0.2) is 0 Å². The summed E-state index contributed by atoms with van der Waals surface area (Å²) in [4.78, 5) is 23.5. The summed E-state index contributed by atoms with van der Waals surface area (Å²) >= 11 is 11.9. The van der Waals surface area contributed by atoms with Crippen molar-refractivity contribution in [3.8, 4) is 0 Å². The molecule has 0 saturated carbocycles. The third-order valence-corrected chi connectivity index (χ3v) is 3.99. The second kappa shape index (κ2) is 7.31. The molecule has 0 aliphatic carbocycles. The minimum absolute atomic E-state index is 0.00877. The van der Waals surface area contributed by atoms with Crippen LogP contribution in [0.1, 0.15) is 26.3 Å². The second-order valence-corrected chi connectivity index (χ2v) is 6.93. The highest BCUT2D eigenvalue weighted by molar-refractivity contribution is 6.40. The van der Waals surface area contributed by atoms with E-state index in [1.165, 1.54) is 12.1 Å². The molecular weight excluding hydrogens is 327 g/mol. The molecule has 1 atom stereocenters. The number of nitrogens with one attached hydrogen (secondary N) is 2. The van der Waals surface area contributed by atoms with E-state index in [1.54, 1.807) is 6.92 Å². The Balaban J connectivity index is 2.64. The number of amides is 2. The van der Waals surface area contributed by atoms with E-state index in [2.05, 4.69) is 10.6 Å². The van der Waals surface area contributed by atoms with E-state index in [0.717, 1.165) is 0 Å². The van der Waals surface area contributed by atoms with Gasteiger partial charge in [0.2, 0.25) is 0 Å². The van der Waals surface area contributed by atoms with Crippen LogP contribution in [0.5, 0.6) is 0 Å². The van der Waals surface area contributed by atoms with E-state index in [9.17, 15) is 14.7 Å². The van der Waals surface area contributed by atoms with Gasteiger partial charge in [-0.2, -0.15) is 0 Å². The maximum Gasteiger partial charge on any atom is 0.313 e. The summed E-state index contributed by atoms with van der Waals surface area (Å²) in [5, 5.41) is 15.4. The quantitative estimate of drug-likeness (QED) is 0.736. The third-order valence-electron chi connectivity index (χ3n) is 3.20. The number of aliphatic hydroxyl groups is 1. The van der Waals surface area contributed by atoms with Crippen LogP contribution in [0.25, 0.3) is 0 Å². The average Bonchev–Trinajstić information content (AvgIpc) is 2.40. The van der Waals surface area contributed by atoms with Crippen molar-refractivity contribution in [3.63, 3.8) is 0 Å². The van der Waals surface area contributed by atoms with Gasteiger partial charge >= 0.3 is 11.8 Å². The fraction of sp³-hybridized carbons (Fsp3) is 0.467. The summed E-state index contributed by atoms with van der Waals surface area (Å²) < 4.78 is 0. The Hall–Kier alpha value is -1.30. The predicted molar refractivity (Wildman–Crippen MR) is 88.3 cm³/mol. The molecule has 0 saturated heterocycles. The molecule has 2 amide bonds. The van der Waals surface area contributed by atoms with E-state index in [4.69, 9.17) is 23.2 Å². The Kier molecular flexibility index (Phi) is 6.23. The van der Waals surface area contributed by atoms with E-state index < -0.39 is 17.9 Å². The van der Waals surface area contributed by atoms with Crippen LogP contribution in [-0.4, -0.2) is 29.6 Å². The first-order chi connectivity index (χ1) is 10.0. The number of anilines is 1. The molecule has 0 aliphatic rings. The number of hydrogen-bond donors (Lipinski definition) is 3. The van der Waals surface area contributed by atoms with Crippen LogP contribution in [0, 0.1) is 12.3 Å². The topological polar surface area (TPSA) is 78.4 Å². The van der Waals surface area contributed by atoms with Crippen molar-refractivity contribution >= 4 is 40.7 Å². The van der Waals surface area contributed by atoms with Crippen LogP contribution in [0.4, 0.5) is 5.69 Å². The van der Waals surface area contributed by atoms with Crippen molar-refractivity contribution in [2.24, 2.45) is 5.41 Å². The molecule has 5 nitrogen and oxygen atoms in total. The molecule has 3 N–H and O–H groups in total. The van der Waals surface area contributed by atoms with Crippen molar-refractivity contribution in [1.82, 2.24) is 5.32 Å². The van der Waals surface area contributed by atoms with Gasteiger partial charge in [0.1, 0.15) is 0 Å². The lowest BCUT2D eigenvalue weighted by molar-refractivity contribution is -0.136. The van der Waals surface area contributed by atoms with Crippen LogP contribution >= 0.6 is 23.2 Å². The maximum atomic E-state index is 11.8. The lowest BCUT2D eigenvalue weighted by Crippen LogP contribution is -2.43. The van der Waals surface area contributed by atoms with Gasteiger partial charge in [0, 0.05) is 22.3 Å². The fourth-order valence-corrected chi connectivity index (χ4v) is 1.97. The van der Waals surface area contributed by atoms with Crippen LogP contribution < -0.4 is 10.6 Å². The minimum atomic E-state index is -0.850. The van der Waals surface area contributed by atoms with Gasteiger partial charge < -0.3 is 15.7 Å². The normalized spacial score (nSPS) is 12.7. The molecule has 0 aliphatic heterocycles. The maximum absolute atomic E-state index is 11.8. The Bertz CT molecular complexity index is 560. The van der Waals surface area contributed by atoms with Gasteiger partial charge in [-0.3, -0.25) is 9.59 Å². The number of hydrogen-bond acceptors (Lipinski definition) is 3. The summed E-state index contributed by atoms with van der Waals surface area (Å²) in [7, 11) is 0. The first-order valence-corrected chi connectivity index (χ1v) is 7.51. The van der Waals surface area contributed by atoms with E-state index in [1.807, 2.05) is 20.8 Å². The van der Waals surface area contributed by atoms with Crippen molar-refractivity contribution < 1.29 is 14.7 Å². The number of rotatable bonds is 3. The molecule has 1 rings (SSSR count). The number of halogens is 2. The van der Waals surface area contributed by atoms with E-state index in [-0.39, 0.29) is 12.0 Å². The molecule has 1 unspecified atom stereocenters. The summed E-state index contributed by atoms with van der Waals surface area (Å²) in [6, 6.07) is 3.02. The van der Waals surface area contributed by atoms with E-state index in [0.29, 0.717) is 21.3 Å². The zero-order valence-corrected chi connectivity index (χ0v) is 14.5. The Morgan fingerprint density at radius 1 is 1.18 bits per heavy atom. The fourth-order valence-electron chi connectivity index (χ4n) is 1.48.